The van der Waals surface area contributed by atoms with Crippen LogP contribution in [0.1, 0.15) is 49.1 Å². The highest BCUT2D eigenvalue weighted by atomic mass is 16.2. The highest BCUT2D eigenvalue weighted by molar-refractivity contribution is 5.84. The standard InChI is InChI=1S/C19H26N2O/c22-18(19-10-4-3-6-16(19)12-20-13-19)21-11-15-9-8-14-5-1-2-7-17(14)15/h1-2,5,7,15-16,20H,3-4,6,8-13H2,(H,21,22)/t15?,16-,19+/m0/s1. The van der Waals surface area contributed by atoms with Gasteiger partial charge < -0.3 is 10.6 Å². The van der Waals surface area contributed by atoms with Crippen molar-refractivity contribution in [3.8, 4) is 0 Å². The zero-order chi connectivity index (χ0) is 15.0. The molecule has 3 aliphatic rings. The molecule has 1 saturated carbocycles. The molecule has 1 unspecified atom stereocenters. The van der Waals surface area contributed by atoms with Crippen LogP contribution in [-0.2, 0) is 11.2 Å². The summed E-state index contributed by atoms with van der Waals surface area (Å²) in [6.07, 6.45) is 7.11. The summed E-state index contributed by atoms with van der Waals surface area (Å²) in [6.45, 7) is 2.72. The molecule has 3 atom stereocenters. The van der Waals surface area contributed by atoms with Crippen LogP contribution in [0.3, 0.4) is 0 Å². The van der Waals surface area contributed by atoms with Crippen molar-refractivity contribution < 1.29 is 4.79 Å². The maximum Gasteiger partial charge on any atom is 0.227 e. The zero-order valence-electron chi connectivity index (χ0n) is 13.2. The molecule has 0 bridgehead atoms. The van der Waals surface area contributed by atoms with Crippen LogP contribution < -0.4 is 10.6 Å². The number of aryl methyl sites for hydroxylation is 1. The van der Waals surface area contributed by atoms with Crippen molar-refractivity contribution in [3.05, 3.63) is 35.4 Å². The molecule has 2 fully saturated rings. The lowest BCUT2D eigenvalue weighted by Gasteiger charge is -2.37. The van der Waals surface area contributed by atoms with E-state index in [0.717, 1.165) is 32.5 Å². The SMILES string of the molecule is O=C(NCC1CCc2ccccc21)[C@@]12CCCC[C@H]1CNC2. The molecular formula is C19H26N2O. The van der Waals surface area contributed by atoms with E-state index in [9.17, 15) is 4.79 Å². The van der Waals surface area contributed by atoms with Gasteiger partial charge >= 0.3 is 0 Å². The quantitative estimate of drug-likeness (QED) is 0.900. The Hall–Kier alpha value is -1.35. The lowest BCUT2D eigenvalue weighted by atomic mass is 9.67. The van der Waals surface area contributed by atoms with Crippen LogP contribution in [0.5, 0.6) is 0 Å². The third-order valence-electron chi connectivity index (χ3n) is 6.26. The third kappa shape index (κ3) is 2.26. The van der Waals surface area contributed by atoms with Gasteiger partial charge in [0.1, 0.15) is 0 Å². The van der Waals surface area contributed by atoms with Gasteiger partial charge in [0, 0.05) is 19.0 Å². The van der Waals surface area contributed by atoms with E-state index >= 15 is 0 Å². The summed E-state index contributed by atoms with van der Waals surface area (Å²) in [5.41, 5.74) is 2.80. The van der Waals surface area contributed by atoms with Crippen molar-refractivity contribution in [2.24, 2.45) is 11.3 Å². The molecule has 0 radical (unpaired) electrons. The first-order valence-corrected chi connectivity index (χ1v) is 8.86. The Labute approximate surface area is 132 Å². The average molecular weight is 298 g/mol. The van der Waals surface area contributed by atoms with E-state index in [2.05, 4.69) is 34.9 Å². The number of carbonyl (C=O) groups excluding carboxylic acids is 1. The number of amides is 1. The number of nitrogens with one attached hydrogen (secondary N) is 2. The number of rotatable bonds is 3. The molecule has 1 aliphatic heterocycles. The molecule has 3 heteroatoms. The predicted octanol–water partition coefficient (Wildman–Crippen LogP) is 2.61. The number of hydrogen-bond acceptors (Lipinski definition) is 2. The van der Waals surface area contributed by atoms with Gasteiger partial charge in [0.05, 0.1) is 5.41 Å². The van der Waals surface area contributed by atoms with Crippen LogP contribution in [0, 0.1) is 11.3 Å². The Kier molecular flexibility index (Phi) is 3.69. The molecule has 0 spiro atoms. The number of hydrogen-bond donors (Lipinski definition) is 2. The van der Waals surface area contributed by atoms with Gasteiger partial charge in [0.25, 0.3) is 0 Å². The van der Waals surface area contributed by atoms with Gasteiger partial charge in [-0.3, -0.25) is 4.79 Å². The van der Waals surface area contributed by atoms with Crippen molar-refractivity contribution in [2.75, 3.05) is 19.6 Å². The Morgan fingerprint density at radius 2 is 2.18 bits per heavy atom. The molecule has 1 saturated heterocycles. The van der Waals surface area contributed by atoms with E-state index in [1.165, 1.54) is 36.8 Å². The number of benzene rings is 1. The highest BCUT2D eigenvalue weighted by Gasteiger charge is 2.49. The van der Waals surface area contributed by atoms with E-state index in [0.29, 0.717) is 17.7 Å². The molecule has 1 heterocycles. The van der Waals surface area contributed by atoms with Crippen LogP contribution in [0.15, 0.2) is 24.3 Å². The lowest BCUT2D eigenvalue weighted by Crippen LogP contribution is -2.48. The molecular weight excluding hydrogens is 272 g/mol. The van der Waals surface area contributed by atoms with Gasteiger partial charge in [-0.05, 0) is 49.3 Å². The van der Waals surface area contributed by atoms with Gasteiger partial charge in [-0.15, -0.1) is 0 Å². The third-order valence-corrected chi connectivity index (χ3v) is 6.26. The van der Waals surface area contributed by atoms with Crippen molar-refractivity contribution in [1.82, 2.24) is 10.6 Å². The zero-order valence-corrected chi connectivity index (χ0v) is 13.2. The first-order valence-electron chi connectivity index (χ1n) is 8.86. The summed E-state index contributed by atoms with van der Waals surface area (Å²) in [6, 6.07) is 8.71. The van der Waals surface area contributed by atoms with Crippen LogP contribution in [0.25, 0.3) is 0 Å². The minimum Gasteiger partial charge on any atom is -0.355 e. The molecule has 1 aromatic carbocycles. The second-order valence-corrected chi connectivity index (χ2v) is 7.37. The van der Waals surface area contributed by atoms with E-state index in [1.54, 1.807) is 0 Å². The van der Waals surface area contributed by atoms with Gasteiger partial charge in [0.2, 0.25) is 5.91 Å². The summed E-state index contributed by atoms with van der Waals surface area (Å²) in [5.74, 6) is 1.37. The molecule has 22 heavy (non-hydrogen) atoms. The molecule has 0 aromatic heterocycles. The van der Waals surface area contributed by atoms with Crippen molar-refractivity contribution in [2.45, 2.75) is 44.4 Å². The summed E-state index contributed by atoms with van der Waals surface area (Å²) < 4.78 is 0. The minimum absolute atomic E-state index is 0.115. The Morgan fingerprint density at radius 1 is 1.27 bits per heavy atom. The van der Waals surface area contributed by atoms with Gasteiger partial charge in [0.15, 0.2) is 0 Å². The fraction of sp³-hybridized carbons (Fsp3) is 0.632. The van der Waals surface area contributed by atoms with Gasteiger partial charge in [-0.1, -0.05) is 37.1 Å². The Bertz CT molecular complexity index is 570. The molecule has 1 amide bonds. The van der Waals surface area contributed by atoms with Crippen LogP contribution in [0.4, 0.5) is 0 Å². The van der Waals surface area contributed by atoms with E-state index in [4.69, 9.17) is 0 Å². The fourth-order valence-corrected chi connectivity index (χ4v) is 4.94. The van der Waals surface area contributed by atoms with E-state index in [1.807, 2.05) is 0 Å². The monoisotopic (exact) mass is 298 g/mol. The fourth-order valence-electron chi connectivity index (χ4n) is 4.94. The van der Waals surface area contributed by atoms with Crippen LogP contribution >= 0.6 is 0 Å². The predicted molar refractivity (Wildman–Crippen MR) is 87.8 cm³/mol. The molecule has 1 aromatic rings. The maximum absolute atomic E-state index is 12.9. The molecule has 3 nitrogen and oxygen atoms in total. The smallest absolute Gasteiger partial charge is 0.227 e. The summed E-state index contributed by atoms with van der Waals surface area (Å²) in [4.78, 5) is 12.9. The first-order chi connectivity index (χ1) is 10.8. The molecule has 118 valence electrons. The van der Waals surface area contributed by atoms with Crippen LogP contribution in [0.2, 0.25) is 0 Å². The second kappa shape index (κ2) is 5.69. The second-order valence-electron chi connectivity index (χ2n) is 7.37. The van der Waals surface area contributed by atoms with Crippen molar-refractivity contribution in [3.63, 3.8) is 0 Å². The van der Waals surface area contributed by atoms with Crippen LogP contribution in [-0.4, -0.2) is 25.5 Å². The topological polar surface area (TPSA) is 41.1 Å². The number of fused-ring (bicyclic) bond motifs is 2. The Morgan fingerprint density at radius 3 is 3.14 bits per heavy atom. The van der Waals surface area contributed by atoms with Crippen molar-refractivity contribution in [1.29, 1.82) is 0 Å². The Balaban J connectivity index is 1.43. The van der Waals surface area contributed by atoms with Gasteiger partial charge in [-0.2, -0.15) is 0 Å². The largest absolute Gasteiger partial charge is 0.355 e. The van der Waals surface area contributed by atoms with Gasteiger partial charge in [-0.25, -0.2) is 0 Å². The highest BCUT2D eigenvalue weighted by Crippen LogP contribution is 2.44. The molecule has 4 rings (SSSR count). The lowest BCUT2D eigenvalue weighted by molar-refractivity contribution is -0.134. The normalized spacial score (nSPS) is 33.3. The molecule has 2 aliphatic carbocycles. The van der Waals surface area contributed by atoms with E-state index in [-0.39, 0.29) is 5.41 Å². The maximum atomic E-state index is 12.9. The first kappa shape index (κ1) is 14.3. The minimum atomic E-state index is -0.115. The summed E-state index contributed by atoms with van der Waals surface area (Å²) >= 11 is 0. The summed E-state index contributed by atoms with van der Waals surface area (Å²) in [7, 11) is 0. The van der Waals surface area contributed by atoms with Crippen molar-refractivity contribution >= 4 is 5.91 Å². The summed E-state index contributed by atoms with van der Waals surface area (Å²) in [5, 5.41) is 6.79. The van der Waals surface area contributed by atoms with E-state index < -0.39 is 0 Å². The molecule has 2 N–H and O–H groups in total. The average Bonchev–Trinajstić information content (AvgIpc) is 3.17. The number of carbonyl (C=O) groups is 1.